The molecule has 0 saturated carbocycles. The van der Waals surface area contributed by atoms with E-state index in [1.54, 1.807) is 12.1 Å². The molecule has 24 heavy (non-hydrogen) atoms. The minimum Gasteiger partial charge on any atom is -0.378 e. The van der Waals surface area contributed by atoms with Crippen molar-refractivity contribution in [2.24, 2.45) is 15.3 Å². The number of amides is 1. The number of carbonyl (C=O) groups excluding carboxylic acids is 1. The zero-order valence-electron chi connectivity index (χ0n) is 13.4. The molecule has 0 aliphatic rings. The Hall–Kier alpha value is -3.38. The fourth-order valence-electron chi connectivity index (χ4n) is 1.88. The number of hydrogen-bond acceptors (Lipinski definition) is 5. The molecule has 0 heterocycles. The average Bonchev–Trinajstić information content (AvgIpc) is 2.59. The Labute approximate surface area is 139 Å². The van der Waals surface area contributed by atoms with E-state index >= 15 is 0 Å². The Morgan fingerprint density at radius 3 is 2.58 bits per heavy atom. The molecule has 0 aliphatic carbocycles. The first kappa shape index (κ1) is 17.0. The highest BCUT2D eigenvalue weighted by Crippen LogP contribution is 2.31. The molecule has 122 valence electrons. The van der Waals surface area contributed by atoms with Crippen LogP contribution in [0.2, 0.25) is 0 Å². The normalized spacial score (nSPS) is 10.2. The first-order chi connectivity index (χ1) is 11.6. The lowest BCUT2D eigenvalue weighted by atomic mass is 10.2. The molecular weight excluding hydrogens is 306 g/mol. The first-order valence-electron chi connectivity index (χ1n) is 7.19. The van der Waals surface area contributed by atoms with Gasteiger partial charge in [-0.15, -0.1) is 5.11 Å². The van der Waals surface area contributed by atoms with Gasteiger partial charge in [-0.1, -0.05) is 23.3 Å². The van der Waals surface area contributed by atoms with Gasteiger partial charge in [-0.3, -0.25) is 4.79 Å². The predicted molar refractivity (Wildman–Crippen MR) is 94.0 cm³/mol. The molecule has 2 aromatic rings. The summed E-state index contributed by atoms with van der Waals surface area (Å²) in [4.78, 5) is 16.3. The van der Waals surface area contributed by atoms with Gasteiger partial charge >= 0.3 is 0 Å². The molecular formula is C16H17N7O. The van der Waals surface area contributed by atoms with Gasteiger partial charge in [-0.25, -0.2) is 0 Å². The molecule has 2 aromatic carbocycles. The summed E-state index contributed by atoms with van der Waals surface area (Å²) in [6.07, 6.45) is 0. The second kappa shape index (κ2) is 8.30. The van der Waals surface area contributed by atoms with E-state index in [2.05, 4.69) is 25.6 Å². The van der Waals surface area contributed by atoms with Crippen LogP contribution in [0.15, 0.2) is 63.9 Å². The van der Waals surface area contributed by atoms with E-state index < -0.39 is 5.91 Å². The topological polar surface area (TPSA) is 106 Å². The predicted octanol–water partition coefficient (Wildman–Crippen LogP) is 4.42. The summed E-state index contributed by atoms with van der Waals surface area (Å²) in [6.45, 7) is -0.280. The van der Waals surface area contributed by atoms with E-state index in [0.29, 0.717) is 17.1 Å². The number of hydrogen-bond donors (Lipinski definition) is 1. The van der Waals surface area contributed by atoms with Crippen molar-refractivity contribution in [1.82, 2.24) is 0 Å². The van der Waals surface area contributed by atoms with Crippen LogP contribution in [0.25, 0.3) is 10.4 Å². The van der Waals surface area contributed by atoms with Crippen molar-refractivity contribution in [2.45, 2.75) is 0 Å². The van der Waals surface area contributed by atoms with Crippen molar-refractivity contribution >= 4 is 28.7 Å². The van der Waals surface area contributed by atoms with Crippen molar-refractivity contribution in [3.05, 3.63) is 59.0 Å². The molecule has 0 unspecified atom stereocenters. The first-order valence-corrected chi connectivity index (χ1v) is 7.19. The molecule has 0 fully saturated rings. The van der Waals surface area contributed by atoms with Crippen LogP contribution >= 0.6 is 0 Å². The van der Waals surface area contributed by atoms with Crippen LogP contribution in [0.3, 0.4) is 0 Å². The number of anilines is 2. The molecule has 8 nitrogen and oxygen atoms in total. The Morgan fingerprint density at radius 1 is 1.17 bits per heavy atom. The molecule has 0 saturated heterocycles. The lowest BCUT2D eigenvalue weighted by Crippen LogP contribution is -2.15. The maximum Gasteiger partial charge on any atom is 0.230 e. The molecule has 2 rings (SSSR count). The Balaban J connectivity index is 2.30. The summed E-state index contributed by atoms with van der Waals surface area (Å²) < 4.78 is 0. The minimum atomic E-state index is -0.417. The molecule has 1 amide bonds. The lowest BCUT2D eigenvalue weighted by Gasteiger charge is -2.15. The van der Waals surface area contributed by atoms with E-state index in [0.717, 1.165) is 5.69 Å². The van der Waals surface area contributed by atoms with E-state index in [1.807, 2.05) is 55.4 Å². The van der Waals surface area contributed by atoms with Crippen LogP contribution in [0.5, 0.6) is 0 Å². The average molecular weight is 323 g/mol. The molecule has 1 N–H and O–H groups in total. The zero-order chi connectivity index (χ0) is 17.4. The van der Waals surface area contributed by atoms with Gasteiger partial charge < -0.3 is 10.2 Å². The summed E-state index contributed by atoms with van der Waals surface area (Å²) in [5.74, 6) is -0.417. The third kappa shape index (κ3) is 4.82. The lowest BCUT2D eigenvalue weighted by molar-refractivity contribution is -0.114. The molecule has 0 bridgehead atoms. The molecule has 0 radical (unpaired) electrons. The fourth-order valence-corrected chi connectivity index (χ4v) is 1.88. The van der Waals surface area contributed by atoms with E-state index in [1.165, 1.54) is 0 Å². The van der Waals surface area contributed by atoms with Gasteiger partial charge in [-0.05, 0) is 35.9 Å². The largest absolute Gasteiger partial charge is 0.378 e. The number of azide groups is 1. The maximum atomic E-state index is 11.8. The van der Waals surface area contributed by atoms with Crippen molar-refractivity contribution in [3.63, 3.8) is 0 Å². The highest BCUT2D eigenvalue weighted by atomic mass is 16.1. The van der Waals surface area contributed by atoms with Crippen LogP contribution in [-0.4, -0.2) is 26.5 Å². The van der Waals surface area contributed by atoms with Gasteiger partial charge in [-0.2, -0.15) is 5.11 Å². The van der Waals surface area contributed by atoms with Crippen molar-refractivity contribution in [1.29, 1.82) is 0 Å². The second-order valence-corrected chi connectivity index (χ2v) is 5.07. The Bertz CT molecular complexity index is 780. The summed E-state index contributed by atoms with van der Waals surface area (Å²) >= 11 is 0. The SMILES string of the molecule is CN(C)c1ccc(N=Nc2ccccc2)c(NC(=O)CN=[N+]=[N-])c1. The third-order valence-electron chi connectivity index (χ3n) is 3.08. The molecule has 0 spiro atoms. The second-order valence-electron chi connectivity index (χ2n) is 5.07. The Morgan fingerprint density at radius 2 is 1.92 bits per heavy atom. The summed E-state index contributed by atoms with van der Waals surface area (Å²) in [6, 6.07) is 14.7. The summed E-state index contributed by atoms with van der Waals surface area (Å²) in [5.41, 5.74) is 10.9. The monoisotopic (exact) mass is 323 g/mol. The highest BCUT2D eigenvalue weighted by Gasteiger charge is 2.08. The molecule has 0 atom stereocenters. The number of carbonyl (C=O) groups is 1. The van der Waals surface area contributed by atoms with Crippen molar-refractivity contribution in [3.8, 4) is 0 Å². The van der Waals surface area contributed by atoms with Crippen LogP contribution < -0.4 is 10.2 Å². The zero-order valence-corrected chi connectivity index (χ0v) is 13.4. The molecule has 0 aromatic heterocycles. The highest BCUT2D eigenvalue weighted by molar-refractivity contribution is 5.95. The molecule has 0 aliphatic heterocycles. The van der Waals surface area contributed by atoms with Crippen LogP contribution in [0.1, 0.15) is 0 Å². The Kier molecular flexibility index (Phi) is 5.88. The third-order valence-corrected chi connectivity index (χ3v) is 3.08. The minimum absolute atomic E-state index is 0.280. The van der Waals surface area contributed by atoms with Gasteiger partial charge in [0, 0.05) is 24.7 Å². The standard InChI is InChI=1S/C16H17N7O/c1-23(2)13-8-9-14(21-20-12-6-4-3-5-7-12)15(10-13)19-16(24)11-18-22-17/h3-10H,11H2,1-2H3,(H,19,24). The number of azo groups is 1. The van der Waals surface area contributed by atoms with Gasteiger partial charge in [0.25, 0.3) is 0 Å². The van der Waals surface area contributed by atoms with Gasteiger partial charge in [0.2, 0.25) is 5.91 Å². The van der Waals surface area contributed by atoms with Gasteiger partial charge in [0.15, 0.2) is 0 Å². The summed E-state index contributed by atoms with van der Waals surface area (Å²) in [5, 5.41) is 14.3. The van der Waals surface area contributed by atoms with Gasteiger partial charge in [0.05, 0.1) is 11.4 Å². The number of rotatable bonds is 6. The van der Waals surface area contributed by atoms with Crippen LogP contribution in [0, 0.1) is 0 Å². The van der Waals surface area contributed by atoms with Crippen LogP contribution in [-0.2, 0) is 4.79 Å². The van der Waals surface area contributed by atoms with Gasteiger partial charge in [0.1, 0.15) is 12.2 Å². The number of nitrogens with one attached hydrogen (secondary N) is 1. The van der Waals surface area contributed by atoms with Crippen molar-refractivity contribution < 1.29 is 4.79 Å². The number of nitrogens with zero attached hydrogens (tertiary/aromatic N) is 6. The maximum absolute atomic E-state index is 11.8. The smallest absolute Gasteiger partial charge is 0.230 e. The van der Waals surface area contributed by atoms with E-state index in [4.69, 9.17) is 5.53 Å². The summed E-state index contributed by atoms with van der Waals surface area (Å²) in [7, 11) is 3.79. The van der Waals surface area contributed by atoms with E-state index in [-0.39, 0.29) is 6.54 Å². The number of benzene rings is 2. The van der Waals surface area contributed by atoms with E-state index in [9.17, 15) is 4.79 Å². The van der Waals surface area contributed by atoms with Crippen LogP contribution in [0.4, 0.5) is 22.7 Å². The fraction of sp³-hybridized carbons (Fsp3) is 0.188. The van der Waals surface area contributed by atoms with Crippen molar-refractivity contribution in [2.75, 3.05) is 30.9 Å². The molecule has 8 heteroatoms. The quantitative estimate of drug-likeness (QED) is 0.483.